The van der Waals surface area contributed by atoms with Crippen molar-refractivity contribution in [1.82, 2.24) is 0 Å². The van der Waals surface area contributed by atoms with Crippen LogP contribution in [0.15, 0.2) is 0 Å². The van der Waals surface area contributed by atoms with E-state index in [0.29, 0.717) is 29.1 Å². The van der Waals surface area contributed by atoms with Gasteiger partial charge in [-0.1, -0.05) is 82.1 Å². The second-order valence-electron chi connectivity index (χ2n) is 11.9. The molecule has 0 heterocycles. The van der Waals surface area contributed by atoms with Gasteiger partial charge in [-0.15, -0.1) is 0 Å². The molecular weight excluding hydrogens is 308 g/mol. The monoisotopic (exact) mass is 356 g/mol. The van der Waals surface area contributed by atoms with E-state index in [1.807, 2.05) is 13.8 Å². The Balaban J connectivity index is 4.43. The Bertz CT molecular complexity index is 369. The standard InChI is InChI=1S/C23H48O2/c1-18(16-20(3,4)5)12-11-14-22(9,10)23(24,25)15-13-19(2)17-21(6,7)8/h18-19,24-25H,11-17H2,1-10H3. The van der Waals surface area contributed by atoms with E-state index in [1.54, 1.807) is 0 Å². The maximum atomic E-state index is 10.7. The van der Waals surface area contributed by atoms with Gasteiger partial charge in [-0.05, 0) is 48.3 Å². The molecule has 0 rings (SSSR count). The van der Waals surface area contributed by atoms with E-state index in [-0.39, 0.29) is 0 Å². The Morgan fingerprint density at radius 2 is 1.04 bits per heavy atom. The lowest BCUT2D eigenvalue weighted by Crippen LogP contribution is -2.45. The van der Waals surface area contributed by atoms with Crippen molar-refractivity contribution >= 4 is 0 Å². The molecule has 25 heavy (non-hydrogen) atoms. The van der Waals surface area contributed by atoms with E-state index < -0.39 is 11.2 Å². The van der Waals surface area contributed by atoms with Crippen LogP contribution < -0.4 is 0 Å². The molecule has 152 valence electrons. The van der Waals surface area contributed by atoms with Gasteiger partial charge in [0.2, 0.25) is 0 Å². The van der Waals surface area contributed by atoms with Gasteiger partial charge in [0.25, 0.3) is 0 Å². The molecule has 0 amide bonds. The average Bonchev–Trinajstić information content (AvgIpc) is 2.31. The molecule has 2 atom stereocenters. The average molecular weight is 357 g/mol. The lowest BCUT2D eigenvalue weighted by molar-refractivity contribution is -0.241. The first-order chi connectivity index (χ1) is 11.0. The van der Waals surface area contributed by atoms with Crippen molar-refractivity contribution in [3.05, 3.63) is 0 Å². The third-order valence-electron chi connectivity index (χ3n) is 5.49. The lowest BCUT2D eigenvalue weighted by Gasteiger charge is -2.40. The summed E-state index contributed by atoms with van der Waals surface area (Å²) in [4.78, 5) is 0. The van der Waals surface area contributed by atoms with Gasteiger partial charge in [0.15, 0.2) is 5.79 Å². The zero-order valence-electron chi connectivity index (χ0n) is 19.0. The van der Waals surface area contributed by atoms with Crippen LogP contribution in [-0.4, -0.2) is 16.0 Å². The minimum absolute atomic E-state index is 0.297. The summed E-state index contributed by atoms with van der Waals surface area (Å²) < 4.78 is 0. The third-order valence-corrected chi connectivity index (χ3v) is 5.49. The summed E-state index contributed by atoms with van der Waals surface area (Å²) in [5, 5.41) is 21.4. The van der Waals surface area contributed by atoms with Crippen molar-refractivity contribution < 1.29 is 10.2 Å². The van der Waals surface area contributed by atoms with Crippen LogP contribution in [0, 0.1) is 28.1 Å². The van der Waals surface area contributed by atoms with Crippen LogP contribution in [0.4, 0.5) is 0 Å². The Hall–Kier alpha value is -0.0800. The molecule has 0 aromatic rings. The molecule has 0 aromatic carbocycles. The summed E-state index contributed by atoms with van der Waals surface area (Å²) in [6.45, 7) is 22.2. The highest BCUT2D eigenvalue weighted by atomic mass is 16.5. The molecule has 0 aliphatic rings. The van der Waals surface area contributed by atoms with Crippen LogP contribution in [-0.2, 0) is 0 Å². The van der Waals surface area contributed by atoms with E-state index in [2.05, 4.69) is 55.4 Å². The molecule has 0 fully saturated rings. The topological polar surface area (TPSA) is 40.5 Å². The molecule has 0 aliphatic carbocycles. The quantitative estimate of drug-likeness (QED) is 0.423. The summed E-state index contributed by atoms with van der Waals surface area (Å²) in [5.41, 5.74) is 0.206. The lowest BCUT2D eigenvalue weighted by atomic mass is 9.74. The predicted octanol–water partition coefficient (Wildman–Crippen LogP) is 6.79. The van der Waals surface area contributed by atoms with E-state index in [4.69, 9.17) is 0 Å². The molecule has 0 radical (unpaired) electrons. The van der Waals surface area contributed by atoms with Gasteiger partial charge in [0, 0.05) is 11.8 Å². The van der Waals surface area contributed by atoms with E-state index >= 15 is 0 Å². The van der Waals surface area contributed by atoms with Crippen LogP contribution >= 0.6 is 0 Å². The van der Waals surface area contributed by atoms with Crippen molar-refractivity contribution in [3.63, 3.8) is 0 Å². The largest absolute Gasteiger partial charge is 0.365 e. The van der Waals surface area contributed by atoms with Crippen molar-refractivity contribution in [2.45, 2.75) is 120 Å². The fourth-order valence-corrected chi connectivity index (χ4v) is 4.17. The highest BCUT2D eigenvalue weighted by molar-refractivity contribution is 4.85. The Morgan fingerprint density at radius 1 is 0.640 bits per heavy atom. The number of rotatable bonds is 10. The molecule has 0 aromatic heterocycles. The van der Waals surface area contributed by atoms with Crippen molar-refractivity contribution in [2.24, 2.45) is 28.1 Å². The number of hydrogen-bond donors (Lipinski definition) is 2. The zero-order valence-corrected chi connectivity index (χ0v) is 19.0. The molecule has 0 spiro atoms. The minimum Gasteiger partial charge on any atom is -0.365 e. The molecule has 2 nitrogen and oxygen atoms in total. The van der Waals surface area contributed by atoms with Crippen molar-refractivity contribution in [1.29, 1.82) is 0 Å². The van der Waals surface area contributed by atoms with Gasteiger partial charge >= 0.3 is 0 Å². The van der Waals surface area contributed by atoms with Gasteiger partial charge in [0.1, 0.15) is 0 Å². The molecule has 2 N–H and O–H groups in total. The maximum absolute atomic E-state index is 10.7. The van der Waals surface area contributed by atoms with E-state index in [9.17, 15) is 10.2 Å². The molecule has 2 unspecified atom stereocenters. The van der Waals surface area contributed by atoms with Crippen LogP contribution in [0.25, 0.3) is 0 Å². The van der Waals surface area contributed by atoms with Gasteiger partial charge in [-0.25, -0.2) is 0 Å². The molecule has 2 heteroatoms. The van der Waals surface area contributed by atoms with Gasteiger partial charge in [-0.3, -0.25) is 0 Å². The summed E-state index contributed by atoms with van der Waals surface area (Å²) in [6, 6.07) is 0. The highest BCUT2D eigenvalue weighted by Crippen LogP contribution is 2.40. The Labute approximate surface area is 158 Å². The summed E-state index contributed by atoms with van der Waals surface area (Å²) in [6.07, 6.45) is 6.77. The van der Waals surface area contributed by atoms with Crippen LogP contribution in [0.2, 0.25) is 0 Å². The van der Waals surface area contributed by atoms with Crippen LogP contribution in [0.1, 0.15) is 114 Å². The molecule has 0 aliphatic heterocycles. The first kappa shape index (κ1) is 24.9. The molecule has 0 saturated carbocycles. The Morgan fingerprint density at radius 3 is 1.44 bits per heavy atom. The molecular formula is C23H48O2. The number of hydrogen-bond acceptors (Lipinski definition) is 2. The third kappa shape index (κ3) is 11.3. The normalized spacial score (nSPS) is 16.8. The SMILES string of the molecule is CC(CCCC(C)(C)C(O)(O)CCC(C)CC(C)(C)C)CC(C)(C)C. The maximum Gasteiger partial charge on any atom is 0.167 e. The molecule has 0 bridgehead atoms. The fourth-order valence-electron chi connectivity index (χ4n) is 4.17. The molecule has 0 saturated heterocycles. The van der Waals surface area contributed by atoms with Crippen molar-refractivity contribution in [3.8, 4) is 0 Å². The smallest absolute Gasteiger partial charge is 0.167 e. The number of aliphatic hydroxyl groups is 2. The second-order valence-corrected chi connectivity index (χ2v) is 11.9. The first-order valence-corrected chi connectivity index (χ1v) is 10.4. The minimum atomic E-state index is -1.58. The predicted molar refractivity (Wildman–Crippen MR) is 111 cm³/mol. The van der Waals surface area contributed by atoms with Gasteiger partial charge < -0.3 is 10.2 Å². The second kappa shape index (κ2) is 9.22. The van der Waals surface area contributed by atoms with Crippen molar-refractivity contribution in [2.75, 3.05) is 0 Å². The van der Waals surface area contributed by atoms with Gasteiger partial charge in [-0.2, -0.15) is 0 Å². The fraction of sp³-hybridized carbons (Fsp3) is 1.00. The Kier molecular flexibility index (Phi) is 9.19. The summed E-state index contributed by atoms with van der Waals surface area (Å²) >= 11 is 0. The van der Waals surface area contributed by atoms with Gasteiger partial charge in [0.05, 0.1) is 0 Å². The first-order valence-electron chi connectivity index (χ1n) is 10.4. The summed E-state index contributed by atoms with van der Waals surface area (Å²) in [5.74, 6) is -0.373. The summed E-state index contributed by atoms with van der Waals surface area (Å²) in [7, 11) is 0. The van der Waals surface area contributed by atoms with Crippen LogP contribution in [0.3, 0.4) is 0 Å². The van der Waals surface area contributed by atoms with Crippen LogP contribution in [0.5, 0.6) is 0 Å². The van der Waals surface area contributed by atoms with E-state index in [0.717, 1.165) is 32.1 Å². The highest BCUT2D eigenvalue weighted by Gasteiger charge is 2.41. The zero-order chi connectivity index (χ0) is 20.1. The van der Waals surface area contributed by atoms with E-state index in [1.165, 1.54) is 6.42 Å².